The first-order chi connectivity index (χ1) is 12.6. The molecule has 130 valence electrons. The zero-order chi connectivity index (χ0) is 18.1. The molecule has 0 unspecified atom stereocenters. The summed E-state index contributed by atoms with van der Waals surface area (Å²) < 4.78 is 0. The Kier molecular flexibility index (Phi) is 3.89. The normalized spacial score (nSPS) is 10.8. The molecule has 0 saturated carbocycles. The number of fused-ring (bicyclic) bond motifs is 1. The first kappa shape index (κ1) is 15.9. The lowest BCUT2D eigenvalue weighted by molar-refractivity contribution is 1.05. The van der Waals surface area contributed by atoms with E-state index in [-0.39, 0.29) is 5.56 Å². The summed E-state index contributed by atoms with van der Waals surface area (Å²) in [6.45, 7) is 0. The maximum absolute atomic E-state index is 12.6. The number of nitrogens with one attached hydrogen (secondary N) is 3. The van der Waals surface area contributed by atoms with Crippen LogP contribution in [0.1, 0.15) is 0 Å². The molecule has 3 N–H and O–H groups in total. The van der Waals surface area contributed by atoms with Gasteiger partial charge < -0.3 is 20.2 Å². The van der Waals surface area contributed by atoms with Gasteiger partial charge in [-0.05, 0) is 30.3 Å². The number of anilines is 3. The van der Waals surface area contributed by atoms with E-state index in [9.17, 15) is 4.79 Å². The third-order valence-corrected chi connectivity index (χ3v) is 4.14. The van der Waals surface area contributed by atoms with E-state index in [0.717, 1.165) is 22.4 Å². The number of aromatic nitrogens is 4. The van der Waals surface area contributed by atoms with Crippen LogP contribution < -0.4 is 15.8 Å². The maximum atomic E-state index is 12.6. The van der Waals surface area contributed by atoms with Crippen LogP contribution in [0.2, 0.25) is 0 Å². The second-order valence-corrected chi connectivity index (χ2v) is 6.11. The van der Waals surface area contributed by atoms with Crippen molar-refractivity contribution in [1.82, 2.24) is 19.9 Å². The van der Waals surface area contributed by atoms with Gasteiger partial charge >= 0.3 is 0 Å². The standard InChI is InChI=1S/C19H18N6O/c1-25(2)18-16(23-15-7-10-22-17-12(15)6-9-21-17)11-13(19(26)24-18)14-5-3-4-8-20-14/h3-11H,1-2H3,(H,24,26)(H2,21,22,23). The van der Waals surface area contributed by atoms with Crippen molar-refractivity contribution in [3.63, 3.8) is 0 Å². The summed E-state index contributed by atoms with van der Waals surface area (Å²) in [5.74, 6) is 0.690. The molecule has 0 aliphatic rings. The van der Waals surface area contributed by atoms with Crippen LogP contribution in [0.3, 0.4) is 0 Å². The molecular formula is C19H18N6O. The van der Waals surface area contributed by atoms with Crippen molar-refractivity contribution in [1.29, 1.82) is 0 Å². The molecule has 0 spiro atoms. The molecule has 7 heteroatoms. The third kappa shape index (κ3) is 2.79. The van der Waals surface area contributed by atoms with Crippen LogP contribution in [0.4, 0.5) is 17.2 Å². The van der Waals surface area contributed by atoms with E-state index >= 15 is 0 Å². The summed E-state index contributed by atoms with van der Waals surface area (Å²) in [7, 11) is 3.77. The highest BCUT2D eigenvalue weighted by atomic mass is 16.1. The van der Waals surface area contributed by atoms with Crippen molar-refractivity contribution in [2.75, 3.05) is 24.3 Å². The van der Waals surface area contributed by atoms with Crippen LogP contribution in [0.5, 0.6) is 0 Å². The molecule has 0 aliphatic carbocycles. The van der Waals surface area contributed by atoms with Crippen LogP contribution >= 0.6 is 0 Å². The van der Waals surface area contributed by atoms with Crippen molar-refractivity contribution in [3.05, 3.63) is 65.3 Å². The summed E-state index contributed by atoms with van der Waals surface area (Å²) in [6, 6.07) is 11.2. The quantitative estimate of drug-likeness (QED) is 0.528. The topological polar surface area (TPSA) is 89.7 Å². The van der Waals surface area contributed by atoms with Gasteiger partial charge in [0.15, 0.2) is 0 Å². The molecule has 4 heterocycles. The van der Waals surface area contributed by atoms with Gasteiger partial charge in [0.1, 0.15) is 11.5 Å². The summed E-state index contributed by atoms with van der Waals surface area (Å²) in [6.07, 6.45) is 5.26. The van der Waals surface area contributed by atoms with Crippen LogP contribution in [0, 0.1) is 0 Å². The smallest absolute Gasteiger partial charge is 0.259 e. The number of nitrogens with zero attached hydrogens (tertiary/aromatic N) is 3. The van der Waals surface area contributed by atoms with Gasteiger partial charge in [0, 0.05) is 38.1 Å². The van der Waals surface area contributed by atoms with Gasteiger partial charge in [-0.1, -0.05) is 6.07 Å². The number of pyridine rings is 3. The minimum atomic E-state index is -0.181. The minimum Gasteiger partial charge on any atom is -0.362 e. The molecule has 4 aromatic heterocycles. The summed E-state index contributed by atoms with van der Waals surface area (Å²) in [5, 5.41) is 4.40. The van der Waals surface area contributed by atoms with Crippen molar-refractivity contribution < 1.29 is 0 Å². The Morgan fingerprint density at radius 1 is 1.04 bits per heavy atom. The first-order valence-electron chi connectivity index (χ1n) is 8.18. The van der Waals surface area contributed by atoms with Crippen LogP contribution in [-0.4, -0.2) is 34.0 Å². The second kappa shape index (κ2) is 6.36. The molecule has 4 aromatic rings. The number of hydrogen-bond acceptors (Lipinski definition) is 5. The highest BCUT2D eigenvalue weighted by molar-refractivity contribution is 5.92. The van der Waals surface area contributed by atoms with Gasteiger partial charge in [-0.25, -0.2) is 4.98 Å². The summed E-state index contributed by atoms with van der Waals surface area (Å²) in [5.41, 5.74) is 3.44. The molecule has 0 aliphatic heterocycles. The molecule has 0 atom stereocenters. The lowest BCUT2D eigenvalue weighted by Crippen LogP contribution is -2.19. The van der Waals surface area contributed by atoms with Crippen molar-refractivity contribution >= 4 is 28.2 Å². The number of H-pyrrole nitrogens is 2. The number of rotatable bonds is 4. The predicted molar refractivity (Wildman–Crippen MR) is 104 cm³/mol. The second-order valence-electron chi connectivity index (χ2n) is 6.11. The van der Waals surface area contributed by atoms with Gasteiger partial charge in [0.2, 0.25) is 0 Å². The Morgan fingerprint density at radius 2 is 1.92 bits per heavy atom. The first-order valence-corrected chi connectivity index (χ1v) is 8.18. The third-order valence-electron chi connectivity index (χ3n) is 4.14. The average molecular weight is 346 g/mol. The molecule has 0 amide bonds. The highest BCUT2D eigenvalue weighted by Crippen LogP contribution is 2.30. The molecular weight excluding hydrogens is 328 g/mol. The fourth-order valence-electron chi connectivity index (χ4n) is 2.90. The van der Waals surface area contributed by atoms with Crippen molar-refractivity contribution in [2.24, 2.45) is 0 Å². The van der Waals surface area contributed by atoms with E-state index in [1.807, 2.05) is 61.6 Å². The van der Waals surface area contributed by atoms with Gasteiger partial charge in [0.05, 0.1) is 22.6 Å². The van der Waals surface area contributed by atoms with E-state index < -0.39 is 0 Å². The van der Waals surface area contributed by atoms with E-state index in [0.29, 0.717) is 17.1 Å². The lowest BCUT2D eigenvalue weighted by Gasteiger charge is -2.19. The van der Waals surface area contributed by atoms with Gasteiger partial charge in [-0.15, -0.1) is 0 Å². The Balaban J connectivity index is 1.86. The molecule has 0 saturated heterocycles. The van der Waals surface area contributed by atoms with Crippen LogP contribution in [0.15, 0.2) is 59.8 Å². The highest BCUT2D eigenvalue weighted by Gasteiger charge is 2.14. The fourth-order valence-corrected chi connectivity index (χ4v) is 2.90. The van der Waals surface area contributed by atoms with E-state index in [1.165, 1.54) is 0 Å². The van der Waals surface area contributed by atoms with Gasteiger partial charge in [-0.2, -0.15) is 0 Å². The molecule has 0 fully saturated rings. The SMILES string of the molecule is CN(C)c1[nH]c(=O)c(-c2ccccn2)cc1Nc1ccnc2[nH]ccc12. The average Bonchev–Trinajstić information content (AvgIpc) is 3.13. The maximum Gasteiger partial charge on any atom is 0.259 e. The number of hydrogen-bond donors (Lipinski definition) is 3. The zero-order valence-electron chi connectivity index (χ0n) is 14.4. The molecule has 26 heavy (non-hydrogen) atoms. The van der Waals surface area contributed by atoms with Crippen molar-refractivity contribution in [2.45, 2.75) is 0 Å². The lowest BCUT2D eigenvalue weighted by atomic mass is 10.1. The molecule has 0 radical (unpaired) electrons. The zero-order valence-corrected chi connectivity index (χ0v) is 14.4. The van der Waals surface area contributed by atoms with E-state index in [2.05, 4.69) is 25.3 Å². The Hall–Kier alpha value is -3.61. The number of aromatic amines is 2. The molecule has 0 bridgehead atoms. The monoisotopic (exact) mass is 346 g/mol. The van der Waals surface area contributed by atoms with E-state index in [4.69, 9.17) is 0 Å². The largest absolute Gasteiger partial charge is 0.362 e. The Morgan fingerprint density at radius 3 is 2.69 bits per heavy atom. The Labute approximate surface area is 149 Å². The fraction of sp³-hybridized carbons (Fsp3) is 0.105. The Bertz CT molecular complexity index is 1110. The molecule has 4 rings (SSSR count). The molecule has 7 nitrogen and oxygen atoms in total. The summed E-state index contributed by atoms with van der Waals surface area (Å²) in [4.78, 5) is 29.1. The predicted octanol–water partition coefficient (Wildman–Crippen LogP) is 3.12. The van der Waals surface area contributed by atoms with Crippen LogP contribution in [0.25, 0.3) is 22.3 Å². The van der Waals surface area contributed by atoms with Crippen molar-refractivity contribution in [3.8, 4) is 11.3 Å². The van der Waals surface area contributed by atoms with Gasteiger partial charge in [0.25, 0.3) is 5.56 Å². The van der Waals surface area contributed by atoms with Crippen LogP contribution in [-0.2, 0) is 0 Å². The molecule has 0 aromatic carbocycles. The summed E-state index contributed by atoms with van der Waals surface area (Å²) >= 11 is 0. The van der Waals surface area contributed by atoms with E-state index in [1.54, 1.807) is 12.4 Å². The van der Waals surface area contributed by atoms with Gasteiger partial charge in [-0.3, -0.25) is 9.78 Å². The minimum absolute atomic E-state index is 0.181.